The third-order valence-corrected chi connectivity index (χ3v) is 4.98. The van der Waals surface area contributed by atoms with Gasteiger partial charge in [-0.15, -0.1) is 0 Å². The summed E-state index contributed by atoms with van der Waals surface area (Å²) in [5, 5.41) is 7.44. The Labute approximate surface area is 205 Å². The number of carbonyl (C=O) groups is 5. The summed E-state index contributed by atoms with van der Waals surface area (Å²) in [7, 11) is 1.19. The van der Waals surface area contributed by atoms with Gasteiger partial charge in [-0.25, -0.2) is 9.59 Å². The molecule has 0 aliphatic heterocycles. The fourth-order valence-electron chi connectivity index (χ4n) is 3.20. The summed E-state index contributed by atoms with van der Waals surface area (Å²) in [6, 6.07) is 5.62. The van der Waals surface area contributed by atoms with Gasteiger partial charge in [-0.1, -0.05) is 58.0 Å². The highest BCUT2D eigenvalue weighted by Gasteiger charge is 2.32. The van der Waals surface area contributed by atoms with E-state index in [-0.39, 0.29) is 18.4 Å². The Kier molecular flexibility index (Phi) is 12.3. The highest BCUT2D eigenvalue weighted by Crippen LogP contribution is 2.09. The summed E-state index contributed by atoms with van der Waals surface area (Å²) >= 11 is 0. The number of nitrogens with two attached hydrogens (primary N) is 1. The lowest BCUT2D eigenvalue weighted by Crippen LogP contribution is -2.57. The van der Waals surface area contributed by atoms with Crippen LogP contribution in [0.1, 0.15) is 46.1 Å². The third-order valence-electron chi connectivity index (χ3n) is 4.98. The van der Waals surface area contributed by atoms with E-state index >= 15 is 0 Å². The van der Waals surface area contributed by atoms with E-state index in [2.05, 4.69) is 16.0 Å². The molecule has 0 aliphatic rings. The minimum Gasteiger partial charge on any atom is -0.467 e. The molecular formula is C24H36N4O7. The second kappa shape index (κ2) is 14.6. The maximum absolute atomic E-state index is 12.9. The summed E-state index contributed by atoms with van der Waals surface area (Å²) in [5.74, 6) is -3.29. The van der Waals surface area contributed by atoms with Gasteiger partial charge in [0.25, 0.3) is 0 Å². The summed E-state index contributed by atoms with van der Waals surface area (Å²) in [4.78, 5) is 61.7. The van der Waals surface area contributed by atoms with Gasteiger partial charge in [0.15, 0.2) is 0 Å². The van der Waals surface area contributed by atoms with Gasteiger partial charge in [-0.3, -0.25) is 14.4 Å². The molecule has 1 rings (SSSR count). The number of benzene rings is 1. The number of nitrogens with one attached hydrogen (secondary N) is 3. The van der Waals surface area contributed by atoms with Gasteiger partial charge < -0.3 is 31.2 Å². The molecule has 0 fully saturated rings. The van der Waals surface area contributed by atoms with Gasteiger partial charge >= 0.3 is 12.1 Å². The molecule has 0 radical (unpaired) electrons. The van der Waals surface area contributed by atoms with Crippen molar-refractivity contribution < 1.29 is 33.4 Å². The van der Waals surface area contributed by atoms with E-state index < -0.39 is 54.3 Å². The van der Waals surface area contributed by atoms with E-state index in [0.717, 1.165) is 5.56 Å². The monoisotopic (exact) mass is 492 g/mol. The Morgan fingerprint density at radius 2 is 1.49 bits per heavy atom. The fraction of sp³-hybridized carbons (Fsp3) is 0.542. The minimum atomic E-state index is -1.36. The average molecular weight is 493 g/mol. The Hall–Kier alpha value is -3.63. The molecule has 35 heavy (non-hydrogen) atoms. The fourth-order valence-corrected chi connectivity index (χ4v) is 3.20. The van der Waals surface area contributed by atoms with Crippen LogP contribution in [-0.4, -0.2) is 55.0 Å². The van der Waals surface area contributed by atoms with Crippen molar-refractivity contribution in [2.24, 2.45) is 17.6 Å². The molecule has 5 N–H and O–H groups in total. The molecule has 0 aliphatic carbocycles. The Morgan fingerprint density at radius 3 is 2.00 bits per heavy atom. The van der Waals surface area contributed by atoms with Crippen molar-refractivity contribution in [3.05, 3.63) is 35.9 Å². The summed E-state index contributed by atoms with van der Waals surface area (Å²) < 4.78 is 9.90. The van der Waals surface area contributed by atoms with Crippen LogP contribution >= 0.6 is 0 Å². The summed E-state index contributed by atoms with van der Waals surface area (Å²) in [5.41, 5.74) is 6.04. The van der Waals surface area contributed by atoms with Crippen molar-refractivity contribution in [1.82, 2.24) is 16.0 Å². The number of primary amides is 1. The SMILES string of the molecule is COC(=O)[C@@H](CC(C)C)NC(=O)[C@@H](CC(N)=O)NC(=O)[C@H](NC(=O)OCc1ccccc1)C(C)C. The number of methoxy groups -OCH3 is 1. The highest BCUT2D eigenvalue weighted by molar-refractivity contribution is 5.95. The number of esters is 1. The molecular weight excluding hydrogens is 456 g/mol. The van der Waals surface area contributed by atoms with Gasteiger partial charge in [-0.05, 0) is 23.8 Å². The van der Waals surface area contributed by atoms with Crippen LogP contribution in [-0.2, 0) is 35.3 Å². The topological polar surface area (TPSA) is 166 Å². The maximum Gasteiger partial charge on any atom is 0.408 e. The first-order valence-corrected chi connectivity index (χ1v) is 11.4. The predicted octanol–water partition coefficient (Wildman–Crippen LogP) is 1.00. The molecule has 3 atom stereocenters. The number of alkyl carbamates (subject to hydrolysis) is 1. The van der Waals surface area contributed by atoms with E-state index in [4.69, 9.17) is 15.2 Å². The first kappa shape index (κ1) is 29.4. The molecule has 11 nitrogen and oxygen atoms in total. The molecule has 0 heterocycles. The quantitative estimate of drug-likeness (QED) is 0.298. The molecule has 0 bridgehead atoms. The number of carbonyl (C=O) groups excluding carboxylic acids is 5. The van der Waals surface area contributed by atoms with E-state index in [0.29, 0.717) is 6.42 Å². The average Bonchev–Trinajstić information content (AvgIpc) is 2.79. The van der Waals surface area contributed by atoms with Crippen molar-refractivity contribution in [2.75, 3.05) is 7.11 Å². The van der Waals surface area contributed by atoms with Gasteiger partial charge in [-0.2, -0.15) is 0 Å². The first-order valence-electron chi connectivity index (χ1n) is 11.4. The first-order chi connectivity index (χ1) is 16.4. The Bertz CT molecular complexity index is 874. The standard InChI is InChI=1S/C24H36N4O7/c1-14(2)11-18(23(32)34-5)27-21(30)17(12-19(25)29)26-22(31)20(15(3)4)28-24(33)35-13-16-9-7-6-8-10-16/h6-10,14-15,17-18,20H,11-13H2,1-5H3,(H2,25,29)(H,26,31)(H,27,30)(H,28,33)/t17-,18-,20-/m1/s1. The second-order valence-corrected chi connectivity index (χ2v) is 8.87. The molecule has 0 spiro atoms. The molecule has 4 amide bonds. The van der Waals surface area contributed by atoms with Crippen molar-refractivity contribution in [2.45, 2.75) is 65.3 Å². The zero-order chi connectivity index (χ0) is 26.5. The van der Waals surface area contributed by atoms with Crippen LogP contribution in [0.5, 0.6) is 0 Å². The number of rotatable bonds is 13. The largest absolute Gasteiger partial charge is 0.467 e. The molecule has 1 aromatic rings. The van der Waals surface area contributed by atoms with Crippen LogP contribution in [0.3, 0.4) is 0 Å². The normalized spacial score (nSPS) is 13.3. The van der Waals surface area contributed by atoms with Crippen LogP contribution in [0.2, 0.25) is 0 Å². The third kappa shape index (κ3) is 10.9. The van der Waals surface area contributed by atoms with Gasteiger partial charge in [0.05, 0.1) is 13.5 Å². The predicted molar refractivity (Wildman–Crippen MR) is 128 cm³/mol. The lowest BCUT2D eigenvalue weighted by atomic mass is 10.0. The van der Waals surface area contributed by atoms with Crippen LogP contribution in [0.25, 0.3) is 0 Å². The van der Waals surface area contributed by atoms with Crippen molar-refractivity contribution in [3.63, 3.8) is 0 Å². The number of hydrogen-bond acceptors (Lipinski definition) is 7. The van der Waals surface area contributed by atoms with Gasteiger partial charge in [0.2, 0.25) is 17.7 Å². The van der Waals surface area contributed by atoms with Crippen molar-refractivity contribution in [1.29, 1.82) is 0 Å². The molecule has 0 saturated carbocycles. The van der Waals surface area contributed by atoms with Crippen LogP contribution < -0.4 is 21.7 Å². The van der Waals surface area contributed by atoms with Crippen LogP contribution in [0, 0.1) is 11.8 Å². The number of amides is 4. The van der Waals surface area contributed by atoms with Gasteiger partial charge in [0, 0.05) is 0 Å². The molecule has 194 valence electrons. The highest BCUT2D eigenvalue weighted by atomic mass is 16.5. The van der Waals surface area contributed by atoms with Crippen LogP contribution in [0.4, 0.5) is 4.79 Å². The van der Waals surface area contributed by atoms with E-state index in [1.165, 1.54) is 7.11 Å². The lowest BCUT2D eigenvalue weighted by Gasteiger charge is -2.26. The summed E-state index contributed by atoms with van der Waals surface area (Å²) in [6.07, 6.45) is -1.03. The Balaban J connectivity index is 2.88. The van der Waals surface area contributed by atoms with Crippen molar-refractivity contribution >= 4 is 29.8 Å². The van der Waals surface area contributed by atoms with Gasteiger partial charge in [0.1, 0.15) is 24.7 Å². The van der Waals surface area contributed by atoms with Crippen LogP contribution in [0.15, 0.2) is 30.3 Å². The van der Waals surface area contributed by atoms with E-state index in [1.54, 1.807) is 38.1 Å². The smallest absolute Gasteiger partial charge is 0.408 e. The molecule has 0 unspecified atom stereocenters. The zero-order valence-corrected chi connectivity index (χ0v) is 20.8. The van der Waals surface area contributed by atoms with E-state index in [9.17, 15) is 24.0 Å². The molecule has 11 heteroatoms. The number of ether oxygens (including phenoxy) is 2. The van der Waals surface area contributed by atoms with E-state index in [1.807, 2.05) is 19.9 Å². The lowest BCUT2D eigenvalue weighted by molar-refractivity contribution is -0.146. The maximum atomic E-state index is 12.9. The minimum absolute atomic E-state index is 0.0105. The molecule has 0 saturated heterocycles. The molecule has 1 aromatic carbocycles. The number of hydrogen-bond donors (Lipinski definition) is 4. The zero-order valence-electron chi connectivity index (χ0n) is 20.8. The summed E-state index contributed by atoms with van der Waals surface area (Å²) in [6.45, 7) is 7.12. The molecule has 0 aromatic heterocycles. The van der Waals surface area contributed by atoms with Crippen molar-refractivity contribution in [3.8, 4) is 0 Å². The Morgan fingerprint density at radius 1 is 0.886 bits per heavy atom. The second-order valence-electron chi connectivity index (χ2n) is 8.87.